The number of Topliss-reactive ketones (excluding diaryl/α,β-unsaturated/α-hetero) is 1. The lowest BCUT2D eigenvalue weighted by atomic mass is 9.82. The number of nitrogens with two attached hydrogens (primary N) is 1. The van der Waals surface area contributed by atoms with Gasteiger partial charge < -0.3 is 71.7 Å². The van der Waals surface area contributed by atoms with E-state index in [1.807, 2.05) is 44.2 Å². The molecule has 1 saturated heterocycles. The minimum Gasteiger partial charge on any atom is -0.507 e. The van der Waals surface area contributed by atoms with Crippen molar-refractivity contribution in [3.05, 3.63) is 118 Å². The number of benzene rings is 4. The molecule has 9 atom stereocenters. The SMILES string of the molecule is CO[C@H]1/C=C/O[C@@]2(C)Oc3c(C)c(O)c4c(=O)c(c5sc6cc(N7CCC(NC(=O)OCc8ccc(NC(=O)[C@H](CCCNC(N)=O)NC(=O)[C@@H](NC(=O)CCCCCN9C(=O)C=CC9=O)C(C)C)cc8)CC7)ccc6nc-5c4c3C2=O)NC(=O)/C(C)=C\C=C\[C@H](C)C[C@@H](C)C[C@@H](C)[C@H](O)[C@@H]1C. The first kappa shape index (κ1) is 76.4. The Morgan fingerprint density at radius 3 is 2.29 bits per heavy atom. The van der Waals surface area contributed by atoms with Crippen molar-refractivity contribution < 1.29 is 72.3 Å². The van der Waals surface area contributed by atoms with Crippen LogP contribution < -0.4 is 52.7 Å². The number of nitrogens with one attached hydrogen (secondary N) is 6. The summed E-state index contributed by atoms with van der Waals surface area (Å²) in [5, 5.41) is 40.1. The van der Waals surface area contributed by atoms with Gasteiger partial charge in [-0.1, -0.05) is 78.3 Å². The molecule has 0 saturated carbocycles. The van der Waals surface area contributed by atoms with Gasteiger partial charge in [0.15, 0.2) is 0 Å². The number of methoxy groups -OCH3 is 1. The lowest BCUT2D eigenvalue weighted by Gasteiger charge is -2.33. The Labute approximate surface area is 596 Å². The maximum atomic E-state index is 15.1. The summed E-state index contributed by atoms with van der Waals surface area (Å²) in [5.41, 5.74) is 7.25. The fraction of sp³-hybridized carbons (Fsp3) is 0.480. The van der Waals surface area contributed by atoms with Crippen LogP contribution in [0.3, 0.4) is 0 Å². The average Bonchev–Trinajstić information content (AvgIpc) is 1.44. The van der Waals surface area contributed by atoms with Crippen LogP contribution in [0.25, 0.3) is 31.6 Å². The molecule has 5 heterocycles. The zero-order valence-corrected chi connectivity index (χ0v) is 60.2. The number of piperidine rings is 1. The number of rotatable bonds is 21. The molecule has 4 bridgehead atoms. The number of phenolic OH excluding ortho intramolecular Hbond substituents is 1. The summed E-state index contributed by atoms with van der Waals surface area (Å²) in [6, 6.07) is 9.22. The van der Waals surface area contributed by atoms with E-state index in [2.05, 4.69) is 50.6 Å². The summed E-state index contributed by atoms with van der Waals surface area (Å²) in [5.74, 6) is -6.33. The predicted molar refractivity (Wildman–Crippen MR) is 388 cm³/mol. The number of hydrogen-bond donors (Lipinski definition) is 9. The van der Waals surface area contributed by atoms with E-state index >= 15 is 4.79 Å². The summed E-state index contributed by atoms with van der Waals surface area (Å²) in [6.07, 6.45) is 13.6. The highest BCUT2D eigenvalue weighted by atomic mass is 32.1. The van der Waals surface area contributed by atoms with E-state index in [0.29, 0.717) is 72.2 Å². The second kappa shape index (κ2) is 33.8. The van der Waals surface area contributed by atoms with Crippen molar-refractivity contribution in [2.24, 2.45) is 35.3 Å². The number of ketones is 1. The van der Waals surface area contributed by atoms with Gasteiger partial charge in [0.25, 0.3) is 23.5 Å². The highest BCUT2D eigenvalue weighted by molar-refractivity contribution is 7.22. The van der Waals surface area contributed by atoms with Gasteiger partial charge in [0, 0.05) is 98.6 Å². The smallest absolute Gasteiger partial charge is 0.407 e. The molecule has 10 N–H and O–H groups in total. The predicted octanol–water partition coefficient (Wildman–Crippen LogP) is 9.30. The molecule has 1 aliphatic carbocycles. The van der Waals surface area contributed by atoms with Gasteiger partial charge in [0.1, 0.15) is 35.9 Å². The molecular weight excluding hydrogens is 1330 g/mol. The summed E-state index contributed by atoms with van der Waals surface area (Å²) in [7, 11) is 1.53. The highest BCUT2D eigenvalue weighted by Crippen LogP contribution is 2.51. The standard InChI is InChI=1S/C75H94N10O16S/c1-40(2)61(82-55(86)19-12-11-13-32-85-56(87)26-27-57(85)88)72(95)81-52(18-15-31-77-73(76)96)71(94)78-48-22-20-47(21-23-48)39-99-74(97)79-49-28-33-84(34-29-49)50-24-25-51-54(38-50)102-68-62(80-51)58-59-65(90)46(8)67-60(58)69(92)75(9,101-67)100-35-30-53(98-10)45(7)64(89)44(6)37-42(4)36-41(3)16-14-17-43(5)70(93)83-63(68)66(59)91/h14,16-17,20-27,30,35,38,40-42,44-45,49,52-53,61,64,89-90H,11-13,15,18-19,28-29,31-34,36-37,39H2,1-10H3,(H,78,94)(H,79,97)(H,81,95)(H,82,86)(H,83,93)(H3,76,77,96)/b16-14+,35-30+,43-17-/t41-,42+,44+,45+,52-,53-,61-,64-,75-/m0/s1. The number of unbranched alkanes of at least 4 members (excludes halogenated alkanes) is 2. The van der Waals surface area contributed by atoms with Crippen LogP contribution in [0.15, 0.2) is 95.6 Å². The molecule has 5 aliphatic heterocycles. The molecule has 3 aromatic carbocycles. The molecule has 27 heteroatoms. The van der Waals surface area contributed by atoms with Gasteiger partial charge >= 0.3 is 17.9 Å². The van der Waals surface area contributed by atoms with Gasteiger partial charge in [-0.25, -0.2) is 14.6 Å². The number of allylic oxidation sites excluding steroid dienone is 3. The maximum absolute atomic E-state index is 15.1. The highest BCUT2D eigenvalue weighted by Gasteiger charge is 2.50. The van der Waals surface area contributed by atoms with Crippen molar-refractivity contribution in [1.82, 2.24) is 31.2 Å². The largest absolute Gasteiger partial charge is 0.507 e. The van der Waals surface area contributed by atoms with Gasteiger partial charge in [-0.15, -0.1) is 11.3 Å². The van der Waals surface area contributed by atoms with Crippen molar-refractivity contribution in [2.75, 3.05) is 48.8 Å². The number of imide groups is 1. The quantitative estimate of drug-likeness (QED) is 0.0143. The van der Waals surface area contributed by atoms with Crippen molar-refractivity contribution >= 4 is 103 Å². The Hall–Kier alpha value is -9.73. The molecule has 546 valence electrons. The van der Waals surface area contributed by atoms with Crippen molar-refractivity contribution in [1.29, 1.82) is 0 Å². The van der Waals surface area contributed by atoms with E-state index in [0.717, 1.165) is 23.4 Å². The summed E-state index contributed by atoms with van der Waals surface area (Å²) in [6.45, 7) is 17.6. The van der Waals surface area contributed by atoms with E-state index in [9.17, 15) is 53.4 Å². The third-order valence-corrected chi connectivity index (χ3v) is 20.5. The number of aromatic hydroxyl groups is 1. The Bertz CT molecular complexity index is 4140. The van der Waals surface area contributed by atoms with Crippen molar-refractivity contribution in [3.8, 4) is 22.1 Å². The summed E-state index contributed by atoms with van der Waals surface area (Å²) in [4.78, 5) is 142. The molecule has 9 amide bonds. The summed E-state index contributed by atoms with van der Waals surface area (Å²) >= 11 is 1.19. The fourth-order valence-electron chi connectivity index (χ4n) is 13.5. The number of fused-ring (bicyclic) bond motifs is 2. The molecule has 6 aliphatic rings. The number of nitrogens with zero attached hydrogens (tertiary/aromatic N) is 3. The lowest BCUT2D eigenvalue weighted by molar-refractivity contribution is -0.137. The molecular formula is C75H94N10O16S. The number of carbonyl (C=O) groups is 9. The van der Waals surface area contributed by atoms with Gasteiger partial charge in [-0.3, -0.25) is 43.3 Å². The van der Waals surface area contributed by atoms with Crippen LogP contribution in [0, 0.1) is 36.5 Å². The van der Waals surface area contributed by atoms with E-state index in [-0.39, 0.29) is 136 Å². The van der Waals surface area contributed by atoms with Crippen LogP contribution in [0.4, 0.5) is 26.7 Å². The third-order valence-electron chi connectivity index (χ3n) is 19.3. The summed E-state index contributed by atoms with van der Waals surface area (Å²) < 4.78 is 24.6. The number of alkyl carbamates (subject to hydrolysis) is 1. The zero-order valence-electron chi connectivity index (χ0n) is 59.4. The monoisotopic (exact) mass is 1420 g/mol. The number of aromatic nitrogens is 1. The van der Waals surface area contributed by atoms with Crippen LogP contribution in [0.5, 0.6) is 11.5 Å². The number of amides is 9. The molecule has 0 aromatic heterocycles. The van der Waals surface area contributed by atoms with E-state index in [1.54, 1.807) is 57.2 Å². The van der Waals surface area contributed by atoms with Crippen LogP contribution in [-0.2, 0) is 49.6 Å². The number of carbonyl (C=O) groups excluding carboxylic acids is 9. The van der Waals surface area contributed by atoms with Crippen molar-refractivity contribution in [3.63, 3.8) is 0 Å². The number of urea groups is 1. The van der Waals surface area contributed by atoms with Gasteiger partial charge in [-0.2, -0.15) is 0 Å². The number of aliphatic hydroxyl groups excluding tert-OH is 1. The average molecular weight is 1420 g/mol. The van der Waals surface area contributed by atoms with Gasteiger partial charge in [-0.05, 0) is 131 Å². The Morgan fingerprint density at radius 2 is 1.61 bits per heavy atom. The molecule has 3 aromatic rings. The maximum Gasteiger partial charge on any atom is 0.407 e. The molecule has 0 unspecified atom stereocenters. The molecule has 26 nitrogen and oxygen atoms in total. The lowest BCUT2D eigenvalue weighted by Crippen LogP contribution is -2.54. The van der Waals surface area contributed by atoms with Crippen LogP contribution in [0.2, 0.25) is 0 Å². The minimum absolute atomic E-state index is 0.00298. The first-order valence-electron chi connectivity index (χ1n) is 34.9. The molecule has 1 fully saturated rings. The Kier molecular flexibility index (Phi) is 25.4. The van der Waals surface area contributed by atoms with E-state index < -0.39 is 76.9 Å². The van der Waals surface area contributed by atoms with E-state index in [4.69, 9.17) is 29.7 Å². The second-order valence-corrected chi connectivity index (χ2v) is 28.7. The number of ether oxygens (including phenoxy) is 4. The number of aliphatic hydroxyl groups is 1. The van der Waals surface area contributed by atoms with Crippen LogP contribution in [-0.4, -0.2) is 143 Å². The molecule has 9 rings (SSSR count). The molecule has 0 spiro atoms. The van der Waals surface area contributed by atoms with Gasteiger partial charge in [0.2, 0.25) is 23.2 Å². The second-order valence-electron chi connectivity index (χ2n) is 27.7. The number of phenols is 1. The topological polar surface area (TPSA) is 366 Å². The minimum atomic E-state index is -1.98. The van der Waals surface area contributed by atoms with Crippen LogP contribution in [0.1, 0.15) is 141 Å². The first-order chi connectivity index (χ1) is 48.5. The number of hydrogen-bond acceptors (Lipinski definition) is 19. The normalized spacial score (nSPS) is 23.1. The van der Waals surface area contributed by atoms with E-state index in [1.165, 1.54) is 50.7 Å². The molecule has 102 heavy (non-hydrogen) atoms. The zero-order chi connectivity index (χ0) is 73.9. The first-order valence-corrected chi connectivity index (χ1v) is 35.7. The van der Waals surface area contributed by atoms with Crippen LogP contribution >= 0.6 is 11.3 Å². The number of primary amides is 1. The Morgan fingerprint density at radius 1 is 0.892 bits per heavy atom. The fourth-order valence-corrected chi connectivity index (χ4v) is 14.6. The van der Waals surface area contributed by atoms with Gasteiger partial charge in [0.05, 0.1) is 50.2 Å². The number of anilines is 3. The van der Waals surface area contributed by atoms with Crippen molar-refractivity contribution in [2.45, 2.75) is 169 Å². The molecule has 0 radical (unpaired) electrons. The Balaban J connectivity index is 0.852. The third kappa shape index (κ3) is 18.3.